The third-order valence-electron chi connectivity index (χ3n) is 4.22. The third-order valence-corrected chi connectivity index (χ3v) is 4.22. The van der Waals surface area contributed by atoms with E-state index in [1.165, 1.54) is 0 Å². The molecule has 1 N–H and O–H groups in total. The van der Waals surface area contributed by atoms with Crippen LogP contribution < -0.4 is 14.2 Å². The predicted molar refractivity (Wildman–Crippen MR) is 115 cm³/mol. The van der Waals surface area contributed by atoms with E-state index in [1.54, 1.807) is 12.1 Å². The van der Waals surface area contributed by atoms with Crippen LogP contribution in [0.25, 0.3) is 0 Å². The Hall–Kier alpha value is -2.69. The number of hydrogen-bond acceptors (Lipinski definition) is 5. The van der Waals surface area contributed by atoms with Crippen molar-refractivity contribution in [3.63, 3.8) is 0 Å². The van der Waals surface area contributed by atoms with Gasteiger partial charge in [0.2, 0.25) is 5.75 Å². The first-order valence-corrected chi connectivity index (χ1v) is 10.1. The second kappa shape index (κ2) is 9.68. The third kappa shape index (κ3) is 5.89. The van der Waals surface area contributed by atoms with Crippen molar-refractivity contribution in [3.05, 3.63) is 47.5 Å². The standard InChI is InChI=1S/C24H32O5/c1-14(2)27-19-10-8-18(9-11-19)17(7)22(25)20-12-13-21(28-15(3)4)23(26)24(20)29-16(5)6/h8-17,26H,1-7H3. The molecule has 0 bridgehead atoms. The highest BCUT2D eigenvalue weighted by molar-refractivity contribution is 6.04. The summed E-state index contributed by atoms with van der Waals surface area (Å²) in [5.41, 5.74) is 1.20. The van der Waals surface area contributed by atoms with Crippen molar-refractivity contribution in [2.75, 3.05) is 0 Å². The van der Waals surface area contributed by atoms with Crippen LogP contribution in [0.5, 0.6) is 23.0 Å². The van der Waals surface area contributed by atoms with E-state index in [2.05, 4.69) is 0 Å². The Labute approximate surface area is 173 Å². The van der Waals surface area contributed by atoms with Gasteiger partial charge >= 0.3 is 0 Å². The van der Waals surface area contributed by atoms with Crippen molar-refractivity contribution in [2.24, 2.45) is 0 Å². The van der Waals surface area contributed by atoms with Crippen LogP contribution in [0.1, 0.15) is 70.3 Å². The smallest absolute Gasteiger partial charge is 0.201 e. The van der Waals surface area contributed by atoms with Crippen LogP contribution in [-0.4, -0.2) is 29.2 Å². The van der Waals surface area contributed by atoms with Gasteiger partial charge in [-0.1, -0.05) is 19.1 Å². The van der Waals surface area contributed by atoms with Gasteiger partial charge in [-0.25, -0.2) is 0 Å². The molecule has 0 aromatic heterocycles. The summed E-state index contributed by atoms with van der Waals surface area (Å²) in [6, 6.07) is 10.8. The van der Waals surface area contributed by atoms with Crippen molar-refractivity contribution in [3.8, 4) is 23.0 Å². The fourth-order valence-electron chi connectivity index (χ4n) is 2.94. The molecule has 0 saturated heterocycles. The van der Waals surface area contributed by atoms with Gasteiger partial charge in [0, 0.05) is 5.92 Å². The summed E-state index contributed by atoms with van der Waals surface area (Å²) >= 11 is 0. The lowest BCUT2D eigenvalue weighted by molar-refractivity contribution is 0.0958. The zero-order valence-corrected chi connectivity index (χ0v) is 18.4. The Kier molecular flexibility index (Phi) is 7.54. The monoisotopic (exact) mass is 400 g/mol. The van der Waals surface area contributed by atoms with Crippen LogP contribution >= 0.6 is 0 Å². The largest absolute Gasteiger partial charge is 0.502 e. The second-order valence-corrected chi connectivity index (χ2v) is 7.94. The molecular formula is C24H32O5. The molecule has 0 fully saturated rings. The minimum absolute atomic E-state index is 0.0881. The summed E-state index contributed by atoms with van der Waals surface area (Å²) in [6.07, 6.45) is -0.227. The number of Topliss-reactive ketones (excluding diaryl/α,β-unsaturated/α-hetero) is 1. The van der Waals surface area contributed by atoms with E-state index in [9.17, 15) is 9.90 Å². The van der Waals surface area contributed by atoms with E-state index in [-0.39, 0.29) is 35.6 Å². The quantitative estimate of drug-likeness (QED) is 0.544. The second-order valence-electron chi connectivity index (χ2n) is 7.94. The van der Waals surface area contributed by atoms with Gasteiger partial charge in [-0.15, -0.1) is 0 Å². The van der Waals surface area contributed by atoms with Crippen LogP contribution in [0, 0.1) is 0 Å². The number of carbonyl (C=O) groups is 1. The Morgan fingerprint density at radius 1 is 0.759 bits per heavy atom. The number of carbonyl (C=O) groups excluding carboxylic acids is 1. The number of rotatable bonds is 9. The molecule has 5 heteroatoms. The molecule has 1 atom stereocenters. The van der Waals surface area contributed by atoms with E-state index >= 15 is 0 Å². The van der Waals surface area contributed by atoms with Crippen molar-refractivity contribution < 1.29 is 24.1 Å². The van der Waals surface area contributed by atoms with Gasteiger partial charge in [0.1, 0.15) is 5.75 Å². The first-order valence-electron chi connectivity index (χ1n) is 10.1. The molecule has 1 unspecified atom stereocenters. The normalized spacial score (nSPS) is 12.3. The highest BCUT2D eigenvalue weighted by Crippen LogP contribution is 2.41. The Morgan fingerprint density at radius 2 is 1.31 bits per heavy atom. The molecule has 0 heterocycles. The topological polar surface area (TPSA) is 65.0 Å². The molecule has 0 radical (unpaired) electrons. The van der Waals surface area contributed by atoms with Crippen molar-refractivity contribution >= 4 is 5.78 Å². The summed E-state index contributed by atoms with van der Waals surface area (Å²) in [5.74, 6) is 0.537. The molecule has 2 aromatic carbocycles. The lowest BCUT2D eigenvalue weighted by Crippen LogP contribution is -2.15. The number of ether oxygens (including phenoxy) is 3. The molecule has 0 spiro atoms. The summed E-state index contributed by atoms with van der Waals surface area (Å²) in [6.45, 7) is 13.2. The van der Waals surface area contributed by atoms with Crippen LogP contribution in [0.4, 0.5) is 0 Å². The molecule has 2 rings (SSSR count). The summed E-state index contributed by atoms with van der Waals surface area (Å²) in [7, 11) is 0. The molecule has 0 aliphatic carbocycles. The first-order chi connectivity index (χ1) is 13.6. The molecule has 0 aliphatic rings. The minimum atomic E-state index is -0.408. The number of benzene rings is 2. The fourth-order valence-corrected chi connectivity index (χ4v) is 2.94. The SMILES string of the molecule is CC(C)Oc1ccc(C(C)C(=O)c2ccc(OC(C)C)c(O)c2OC(C)C)cc1. The van der Waals surface area contributed by atoms with Crippen molar-refractivity contribution in [1.29, 1.82) is 0 Å². The van der Waals surface area contributed by atoms with E-state index in [4.69, 9.17) is 14.2 Å². The Balaban J connectivity index is 2.36. The fraction of sp³-hybridized carbons (Fsp3) is 0.458. The van der Waals surface area contributed by atoms with E-state index in [0.717, 1.165) is 11.3 Å². The van der Waals surface area contributed by atoms with Gasteiger partial charge in [-0.05, 0) is 71.4 Å². The Morgan fingerprint density at radius 3 is 1.83 bits per heavy atom. The zero-order valence-electron chi connectivity index (χ0n) is 18.4. The molecule has 0 saturated carbocycles. The van der Waals surface area contributed by atoms with Gasteiger partial charge in [-0.3, -0.25) is 4.79 Å². The van der Waals surface area contributed by atoms with E-state index < -0.39 is 5.92 Å². The molecular weight excluding hydrogens is 368 g/mol. The number of aromatic hydroxyl groups is 1. The van der Waals surface area contributed by atoms with Gasteiger partial charge < -0.3 is 19.3 Å². The molecule has 158 valence electrons. The van der Waals surface area contributed by atoms with Crippen LogP contribution in [-0.2, 0) is 0 Å². The first kappa shape index (κ1) is 22.6. The van der Waals surface area contributed by atoms with E-state index in [0.29, 0.717) is 11.3 Å². The van der Waals surface area contributed by atoms with E-state index in [1.807, 2.05) is 72.7 Å². The molecule has 29 heavy (non-hydrogen) atoms. The number of phenolic OH excluding ortho intramolecular Hbond substituents is 1. The maximum Gasteiger partial charge on any atom is 0.201 e. The van der Waals surface area contributed by atoms with Crippen molar-refractivity contribution in [1.82, 2.24) is 0 Å². The highest BCUT2D eigenvalue weighted by Gasteiger charge is 2.26. The maximum atomic E-state index is 13.2. The number of hydrogen-bond donors (Lipinski definition) is 1. The summed E-state index contributed by atoms with van der Waals surface area (Å²) in [5, 5.41) is 10.7. The maximum absolute atomic E-state index is 13.2. The average molecular weight is 401 g/mol. The molecule has 0 aliphatic heterocycles. The minimum Gasteiger partial charge on any atom is -0.502 e. The van der Waals surface area contributed by atoms with Gasteiger partial charge in [0.25, 0.3) is 0 Å². The predicted octanol–water partition coefficient (Wildman–Crippen LogP) is 5.74. The number of ketones is 1. The summed E-state index contributed by atoms with van der Waals surface area (Å²) < 4.78 is 17.1. The lowest BCUT2D eigenvalue weighted by atomic mass is 9.91. The van der Waals surface area contributed by atoms with Crippen LogP contribution in [0.3, 0.4) is 0 Å². The molecule has 5 nitrogen and oxygen atoms in total. The van der Waals surface area contributed by atoms with Gasteiger partial charge in [-0.2, -0.15) is 0 Å². The highest BCUT2D eigenvalue weighted by atomic mass is 16.5. The van der Waals surface area contributed by atoms with Crippen LogP contribution in [0.15, 0.2) is 36.4 Å². The lowest BCUT2D eigenvalue weighted by Gasteiger charge is -2.20. The molecule has 2 aromatic rings. The number of phenols is 1. The van der Waals surface area contributed by atoms with Crippen LogP contribution in [0.2, 0.25) is 0 Å². The van der Waals surface area contributed by atoms with Gasteiger partial charge in [0.05, 0.1) is 23.9 Å². The zero-order chi connectivity index (χ0) is 21.7. The van der Waals surface area contributed by atoms with Gasteiger partial charge in [0.15, 0.2) is 17.3 Å². The Bertz CT molecular complexity index is 822. The van der Waals surface area contributed by atoms with Crippen molar-refractivity contribution in [2.45, 2.75) is 72.7 Å². The molecule has 0 amide bonds. The average Bonchev–Trinajstić information content (AvgIpc) is 2.63. The summed E-state index contributed by atoms with van der Waals surface area (Å²) in [4.78, 5) is 13.2.